The third kappa shape index (κ3) is 3.88. The van der Waals surface area contributed by atoms with Crippen molar-refractivity contribution >= 4 is 28.0 Å². The molecule has 0 radical (unpaired) electrons. The number of nitrogens with zero attached hydrogens (tertiary/aromatic N) is 2. The monoisotopic (exact) mass is 422 g/mol. The van der Waals surface area contributed by atoms with Gasteiger partial charge in [-0.3, -0.25) is 4.55 Å². The van der Waals surface area contributed by atoms with E-state index in [-0.39, 0.29) is 0 Å². The van der Waals surface area contributed by atoms with Crippen LogP contribution in [-0.4, -0.2) is 25.5 Å². The molecule has 2 unspecified atom stereocenters. The summed E-state index contributed by atoms with van der Waals surface area (Å²) in [7, 11) is 1.57. The molecule has 30 heavy (non-hydrogen) atoms. The van der Waals surface area contributed by atoms with E-state index in [9.17, 15) is 9.32 Å². The molecule has 2 N–H and O–H groups in total. The van der Waals surface area contributed by atoms with Crippen LogP contribution in [0.4, 0.5) is 5.69 Å². The predicted molar refractivity (Wildman–Crippen MR) is 119 cm³/mol. The minimum Gasteiger partial charge on any atom is -0.381 e. The Hall–Kier alpha value is -2.97. The fourth-order valence-corrected chi connectivity index (χ4v) is 3.84. The molecule has 4 rings (SSSR count). The number of aromatic nitrogens is 1. The van der Waals surface area contributed by atoms with Crippen molar-refractivity contribution in [3.05, 3.63) is 96.2 Å². The molecule has 6 nitrogen and oxygen atoms in total. The van der Waals surface area contributed by atoms with E-state index < -0.39 is 17.0 Å². The van der Waals surface area contributed by atoms with Crippen LogP contribution in [0.1, 0.15) is 18.1 Å². The van der Waals surface area contributed by atoms with Gasteiger partial charge in [-0.25, -0.2) is 5.06 Å². The van der Waals surface area contributed by atoms with Crippen LogP contribution in [0, 0.1) is 0 Å². The standard InChI is InChI=1S/C23H22N2O4S/c1-23(26,18-7-4-3-5-8-18)19-9-6-10-21(15-19)25-14-13-17-11-12-20(16-22(17)25)24(2)29-30(27)28/h3-16,26H,1-2H3,(H,27,28). The molecule has 0 amide bonds. The molecular weight excluding hydrogens is 400 g/mol. The van der Waals surface area contributed by atoms with Gasteiger partial charge in [-0.05, 0) is 48.4 Å². The Kier molecular flexibility index (Phi) is 5.44. The predicted octanol–water partition coefficient (Wildman–Crippen LogP) is 4.39. The van der Waals surface area contributed by atoms with Gasteiger partial charge in [0.25, 0.3) is 0 Å². The lowest BCUT2D eigenvalue weighted by molar-refractivity contribution is 0.102. The second kappa shape index (κ2) is 8.04. The molecule has 0 aliphatic heterocycles. The number of anilines is 1. The Labute approximate surface area is 177 Å². The Bertz CT molecular complexity index is 1200. The van der Waals surface area contributed by atoms with Crippen LogP contribution in [0.15, 0.2) is 85.1 Å². The highest BCUT2D eigenvalue weighted by atomic mass is 32.2. The first-order chi connectivity index (χ1) is 14.4. The highest BCUT2D eigenvalue weighted by molar-refractivity contribution is 7.74. The molecule has 0 saturated heterocycles. The average molecular weight is 423 g/mol. The van der Waals surface area contributed by atoms with Gasteiger partial charge in [0.15, 0.2) is 0 Å². The highest BCUT2D eigenvalue weighted by Gasteiger charge is 2.25. The Morgan fingerprint density at radius 2 is 1.70 bits per heavy atom. The van der Waals surface area contributed by atoms with Gasteiger partial charge in [0, 0.05) is 24.3 Å². The summed E-state index contributed by atoms with van der Waals surface area (Å²) in [5.74, 6) is 0. The van der Waals surface area contributed by atoms with Crippen LogP contribution in [0.25, 0.3) is 16.6 Å². The van der Waals surface area contributed by atoms with Gasteiger partial charge in [0.2, 0.25) is 0 Å². The fourth-order valence-electron chi connectivity index (χ4n) is 3.56. The molecule has 0 saturated carbocycles. The summed E-state index contributed by atoms with van der Waals surface area (Å²) in [6.07, 6.45) is 1.95. The van der Waals surface area contributed by atoms with E-state index in [0.717, 1.165) is 27.7 Å². The molecular formula is C23H22N2O4S. The zero-order valence-corrected chi connectivity index (χ0v) is 17.4. The first-order valence-corrected chi connectivity index (χ1v) is 10.4. The lowest BCUT2D eigenvalue weighted by atomic mass is 9.88. The van der Waals surface area contributed by atoms with Gasteiger partial charge in [-0.1, -0.05) is 48.5 Å². The van der Waals surface area contributed by atoms with Crippen molar-refractivity contribution in [1.82, 2.24) is 4.57 Å². The Morgan fingerprint density at radius 3 is 2.43 bits per heavy atom. The molecule has 0 aliphatic rings. The van der Waals surface area contributed by atoms with Gasteiger partial charge >= 0.3 is 11.4 Å². The zero-order chi connectivity index (χ0) is 21.3. The molecule has 0 spiro atoms. The summed E-state index contributed by atoms with van der Waals surface area (Å²) >= 11 is -2.40. The van der Waals surface area contributed by atoms with Crippen LogP contribution in [0.5, 0.6) is 0 Å². The SMILES string of the molecule is CN(OS(=O)O)c1ccc2ccn(-c3cccc(C(C)(O)c4ccccc4)c3)c2c1. The third-order valence-electron chi connectivity index (χ3n) is 5.24. The van der Waals surface area contributed by atoms with Gasteiger partial charge in [0.05, 0.1) is 11.2 Å². The molecule has 0 bridgehead atoms. The summed E-state index contributed by atoms with van der Waals surface area (Å²) in [6.45, 7) is 1.79. The normalized spacial score (nSPS) is 14.4. The van der Waals surface area contributed by atoms with Crippen molar-refractivity contribution in [2.75, 3.05) is 12.1 Å². The van der Waals surface area contributed by atoms with Gasteiger partial charge in [0.1, 0.15) is 5.60 Å². The summed E-state index contributed by atoms with van der Waals surface area (Å²) in [6, 6.07) is 24.9. The molecule has 4 aromatic rings. The van der Waals surface area contributed by atoms with Crippen LogP contribution in [0.3, 0.4) is 0 Å². The number of hydrogen-bond acceptors (Lipinski definition) is 4. The van der Waals surface area contributed by atoms with E-state index in [4.69, 9.17) is 8.84 Å². The summed E-state index contributed by atoms with van der Waals surface area (Å²) < 4.78 is 26.8. The van der Waals surface area contributed by atoms with E-state index in [2.05, 4.69) is 0 Å². The van der Waals surface area contributed by atoms with E-state index in [1.807, 2.05) is 89.6 Å². The molecule has 154 valence electrons. The van der Waals surface area contributed by atoms with Crippen molar-refractivity contribution in [3.63, 3.8) is 0 Å². The van der Waals surface area contributed by atoms with Crippen molar-refractivity contribution in [2.24, 2.45) is 0 Å². The molecule has 2 atom stereocenters. The van der Waals surface area contributed by atoms with Crippen LogP contribution in [-0.2, 0) is 21.2 Å². The molecule has 0 aliphatic carbocycles. The van der Waals surface area contributed by atoms with Crippen molar-refractivity contribution in [2.45, 2.75) is 12.5 Å². The van der Waals surface area contributed by atoms with Crippen molar-refractivity contribution < 1.29 is 18.2 Å². The molecule has 0 fully saturated rings. The fraction of sp³-hybridized carbons (Fsp3) is 0.130. The van der Waals surface area contributed by atoms with Crippen molar-refractivity contribution in [3.8, 4) is 5.69 Å². The number of hydrogen-bond donors (Lipinski definition) is 2. The van der Waals surface area contributed by atoms with Crippen molar-refractivity contribution in [1.29, 1.82) is 0 Å². The number of benzene rings is 3. The maximum Gasteiger partial charge on any atom is 0.325 e. The smallest absolute Gasteiger partial charge is 0.325 e. The zero-order valence-electron chi connectivity index (χ0n) is 16.6. The number of fused-ring (bicyclic) bond motifs is 1. The third-order valence-corrected chi connectivity index (χ3v) is 5.59. The lowest BCUT2D eigenvalue weighted by Gasteiger charge is -2.25. The van der Waals surface area contributed by atoms with Gasteiger partial charge in [-0.15, -0.1) is 4.28 Å². The van der Waals surface area contributed by atoms with Crippen LogP contribution < -0.4 is 5.06 Å². The minimum atomic E-state index is -2.40. The summed E-state index contributed by atoms with van der Waals surface area (Å²) in [4.78, 5) is 0. The molecule has 3 aromatic carbocycles. The summed E-state index contributed by atoms with van der Waals surface area (Å²) in [5, 5.41) is 13.5. The molecule has 1 heterocycles. The highest BCUT2D eigenvalue weighted by Crippen LogP contribution is 2.31. The Balaban J connectivity index is 1.76. The lowest BCUT2D eigenvalue weighted by Crippen LogP contribution is -2.22. The summed E-state index contributed by atoms with van der Waals surface area (Å²) in [5.41, 5.74) is 2.90. The quantitative estimate of drug-likeness (QED) is 0.356. The maximum absolute atomic E-state index is 11.2. The van der Waals surface area contributed by atoms with E-state index in [0.29, 0.717) is 5.69 Å². The first kappa shape index (κ1) is 20.3. The average Bonchev–Trinajstić information content (AvgIpc) is 3.17. The Morgan fingerprint density at radius 1 is 0.967 bits per heavy atom. The van der Waals surface area contributed by atoms with E-state index in [1.165, 1.54) is 5.06 Å². The van der Waals surface area contributed by atoms with Crippen LogP contribution in [0.2, 0.25) is 0 Å². The number of aliphatic hydroxyl groups is 1. The first-order valence-electron chi connectivity index (χ1n) is 9.39. The number of rotatable bonds is 6. The van der Waals surface area contributed by atoms with Gasteiger partial charge in [-0.2, -0.15) is 4.21 Å². The largest absolute Gasteiger partial charge is 0.381 e. The molecule has 1 aromatic heterocycles. The maximum atomic E-state index is 11.2. The minimum absolute atomic E-state index is 0.636. The van der Waals surface area contributed by atoms with E-state index in [1.54, 1.807) is 14.0 Å². The molecule has 7 heteroatoms. The topological polar surface area (TPSA) is 74.9 Å². The van der Waals surface area contributed by atoms with Gasteiger partial charge < -0.3 is 9.67 Å². The second-order valence-electron chi connectivity index (χ2n) is 7.21. The number of hydroxylamine groups is 1. The van der Waals surface area contributed by atoms with Crippen LogP contribution >= 0.6 is 0 Å². The second-order valence-corrected chi connectivity index (χ2v) is 7.79. The van der Waals surface area contributed by atoms with E-state index >= 15 is 0 Å².